The number of amides is 1. The van der Waals surface area contributed by atoms with Gasteiger partial charge in [-0.3, -0.25) is 9.59 Å². The highest BCUT2D eigenvalue weighted by molar-refractivity contribution is 5.90. The molecule has 5 rings (SSSR count). The van der Waals surface area contributed by atoms with E-state index in [2.05, 4.69) is 47.0 Å². The van der Waals surface area contributed by atoms with Gasteiger partial charge in [0.25, 0.3) is 5.56 Å². The molecular weight excluding hydrogens is 474 g/mol. The van der Waals surface area contributed by atoms with Crippen molar-refractivity contribution in [2.24, 2.45) is 11.8 Å². The Morgan fingerprint density at radius 1 is 1.21 bits per heavy atom. The van der Waals surface area contributed by atoms with Gasteiger partial charge in [-0.1, -0.05) is 43.7 Å². The van der Waals surface area contributed by atoms with E-state index in [0.717, 1.165) is 84.0 Å². The molecule has 0 saturated carbocycles. The maximum absolute atomic E-state index is 13.1. The van der Waals surface area contributed by atoms with Crippen LogP contribution >= 0.6 is 0 Å². The van der Waals surface area contributed by atoms with Crippen LogP contribution in [0.2, 0.25) is 0 Å². The molecule has 2 aromatic heterocycles. The lowest BCUT2D eigenvalue weighted by Gasteiger charge is -2.22. The lowest BCUT2D eigenvalue weighted by Crippen LogP contribution is -2.32. The Hall–Kier alpha value is -3.64. The normalized spacial score (nSPS) is 17.2. The number of carbonyl (C=O) groups excluding carboxylic acids is 1. The SMILES string of the molecule is C=Cc1cc(-c2c(-c3ccc[nH]c3=O)[nH]c3c2CC(C(=O)NCCCCC2CCOCC2)C=C3)ccc1C. The van der Waals surface area contributed by atoms with Crippen LogP contribution in [0.4, 0.5) is 0 Å². The predicted molar refractivity (Wildman–Crippen MR) is 154 cm³/mol. The van der Waals surface area contributed by atoms with Gasteiger partial charge in [-0.2, -0.15) is 0 Å². The van der Waals surface area contributed by atoms with Crippen LogP contribution in [0, 0.1) is 18.8 Å². The zero-order valence-electron chi connectivity index (χ0n) is 22.1. The van der Waals surface area contributed by atoms with Gasteiger partial charge in [-0.15, -0.1) is 0 Å². The van der Waals surface area contributed by atoms with Gasteiger partial charge in [-0.05, 0) is 85.1 Å². The molecule has 6 nitrogen and oxygen atoms in total. The maximum Gasteiger partial charge on any atom is 0.257 e. The van der Waals surface area contributed by atoms with Crippen LogP contribution in [0.15, 0.2) is 54.0 Å². The molecule has 1 amide bonds. The molecule has 1 saturated heterocycles. The summed E-state index contributed by atoms with van der Waals surface area (Å²) in [5.74, 6) is 0.569. The largest absolute Gasteiger partial charge is 0.381 e. The van der Waals surface area contributed by atoms with Crippen LogP contribution in [0.1, 0.15) is 54.5 Å². The molecule has 3 heterocycles. The summed E-state index contributed by atoms with van der Waals surface area (Å²) >= 11 is 0. The van der Waals surface area contributed by atoms with Crippen molar-refractivity contribution in [1.82, 2.24) is 15.3 Å². The van der Waals surface area contributed by atoms with E-state index < -0.39 is 0 Å². The third-order valence-corrected chi connectivity index (χ3v) is 7.95. The van der Waals surface area contributed by atoms with Crippen molar-refractivity contribution in [1.29, 1.82) is 0 Å². The van der Waals surface area contributed by atoms with Gasteiger partial charge in [0.1, 0.15) is 0 Å². The van der Waals surface area contributed by atoms with Crippen LogP contribution in [0.3, 0.4) is 0 Å². The summed E-state index contributed by atoms with van der Waals surface area (Å²) in [6.45, 7) is 8.50. The van der Waals surface area contributed by atoms with Crippen molar-refractivity contribution in [3.05, 3.63) is 81.9 Å². The molecule has 1 atom stereocenters. The van der Waals surface area contributed by atoms with Gasteiger partial charge < -0.3 is 20.0 Å². The number of pyridine rings is 1. The Morgan fingerprint density at radius 3 is 2.84 bits per heavy atom. The number of ether oxygens (including phenoxy) is 1. The average Bonchev–Trinajstić information content (AvgIpc) is 3.32. The molecule has 3 aromatic rings. The zero-order valence-corrected chi connectivity index (χ0v) is 22.1. The first-order valence-electron chi connectivity index (χ1n) is 13.7. The predicted octanol–water partition coefficient (Wildman–Crippen LogP) is 5.89. The fourth-order valence-electron chi connectivity index (χ4n) is 5.68. The first-order chi connectivity index (χ1) is 18.5. The first-order valence-corrected chi connectivity index (χ1v) is 13.7. The minimum atomic E-state index is -0.251. The van der Waals surface area contributed by atoms with E-state index in [1.54, 1.807) is 6.20 Å². The van der Waals surface area contributed by atoms with Crippen LogP contribution in [-0.4, -0.2) is 35.6 Å². The Kier molecular flexibility index (Phi) is 8.08. The number of unbranched alkanes of at least 4 members (excludes halogenated alkanes) is 1. The van der Waals surface area contributed by atoms with E-state index in [0.29, 0.717) is 18.5 Å². The van der Waals surface area contributed by atoms with Crippen LogP contribution in [-0.2, 0) is 16.0 Å². The Bertz CT molecular complexity index is 1390. The smallest absolute Gasteiger partial charge is 0.257 e. The summed E-state index contributed by atoms with van der Waals surface area (Å²) < 4.78 is 5.45. The number of aromatic nitrogens is 2. The van der Waals surface area contributed by atoms with E-state index in [1.165, 1.54) is 6.42 Å². The number of rotatable bonds is 9. The van der Waals surface area contributed by atoms with E-state index in [4.69, 9.17) is 4.74 Å². The monoisotopic (exact) mass is 511 g/mol. The molecule has 38 heavy (non-hydrogen) atoms. The number of fused-ring (bicyclic) bond motifs is 1. The highest BCUT2D eigenvalue weighted by Gasteiger charge is 2.28. The lowest BCUT2D eigenvalue weighted by atomic mass is 9.86. The summed E-state index contributed by atoms with van der Waals surface area (Å²) in [5, 5.41) is 3.16. The van der Waals surface area contributed by atoms with Crippen LogP contribution < -0.4 is 10.9 Å². The third-order valence-electron chi connectivity index (χ3n) is 7.95. The molecule has 198 valence electrons. The maximum atomic E-state index is 13.1. The number of aryl methyl sites for hydroxylation is 1. The van der Waals surface area contributed by atoms with Gasteiger partial charge in [0, 0.05) is 37.2 Å². The van der Waals surface area contributed by atoms with E-state index in [9.17, 15) is 9.59 Å². The standard InChI is InChI=1S/C32H37N3O3/c1-3-23-19-24(10-9-21(23)2)29-27-20-25(31(36)33-15-5-4-7-22-13-17-38-18-14-22)11-12-28(27)35-30(29)26-8-6-16-34-32(26)37/h3,6,8-12,16,19,22,25,35H,1,4-5,7,13-15,17-18,20H2,2H3,(H,33,36)(H,34,37). The van der Waals surface area contributed by atoms with Gasteiger partial charge in [0.2, 0.25) is 5.91 Å². The van der Waals surface area contributed by atoms with E-state index >= 15 is 0 Å². The van der Waals surface area contributed by atoms with Crippen molar-refractivity contribution in [2.75, 3.05) is 19.8 Å². The van der Waals surface area contributed by atoms with E-state index in [-0.39, 0.29) is 17.4 Å². The molecule has 1 aromatic carbocycles. The summed E-state index contributed by atoms with van der Waals surface area (Å²) in [6, 6.07) is 9.93. The molecule has 1 aliphatic carbocycles. The van der Waals surface area contributed by atoms with Crippen molar-refractivity contribution in [3.63, 3.8) is 0 Å². The molecule has 0 spiro atoms. The fraction of sp³-hybridized carbons (Fsp3) is 0.375. The number of hydrogen-bond donors (Lipinski definition) is 3. The molecule has 1 fully saturated rings. The second-order valence-electron chi connectivity index (χ2n) is 10.5. The number of aromatic amines is 2. The molecule has 0 radical (unpaired) electrons. The van der Waals surface area contributed by atoms with Crippen molar-refractivity contribution in [3.8, 4) is 22.4 Å². The number of nitrogens with one attached hydrogen (secondary N) is 3. The topological polar surface area (TPSA) is 87.0 Å². The third kappa shape index (κ3) is 5.60. The quantitative estimate of drug-likeness (QED) is 0.313. The summed E-state index contributed by atoms with van der Waals surface area (Å²) in [7, 11) is 0. The summed E-state index contributed by atoms with van der Waals surface area (Å²) in [4.78, 5) is 32.2. The van der Waals surface area contributed by atoms with Crippen molar-refractivity contribution in [2.45, 2.75) is 45.4 Å². The zero-order chi connectivity index (χ0) is 26.5. The first kappa shape index (κ1) is 26.0. The van der Waals surface area contributed by atoms with Crippen molar-refractivity contribution >= 4 is 18.1 Å². The number of hydrogen-bond acceptors (Lipinski definition) is 3. The van der Waals surface area contributed by atoms with Gasteiger partial charge >= 0.3 is 0 Å². The highest BCUT2D eigenvalue weighted by Crippen LogP contribution is 2.40. The number of H-pyrrole nitrogens is 2. The minimum Gasteiger partial charge on any atom is -0.381 e. The molecular formula is C32H37N3O3. The second kappa shape index (κ2) is 11.8. The molecule has 0 bridgehead atoms. The second-order valence-corrected chi connectivity index (χ2v) is 10.5. The summed E-state index contributed by atoms with van der Waals surface area (Å²) in [6.07, 6.45) is 13.7. The summed E-state index contributed by atoms with van der Waals surface area (Å²) in [5.41, 5.74) is 7.37. The molecule has 3 N–H and O–H groups in total. The molecule has 1 unspecified atom stereocenters. The average molecular weight is 512 g/mol. The van der Waals surface area contributed by atoms with Gasteiger partial charge in [0.05, 0.1) is 17.2 Å². The number of benzene rings is 1. The van der Waals surface area contributed by atoms with Gasteiger partial charge in [0.15, 0.2) is 0 Å². The fourth-order valence-corrected chi connectivity index (χ4v) is 5.68. The van der Waals surface area contributed by atoms with Crippen LogP contribution in [0.25, 0.3) is 34.5 Å². The minimum absolute atomic E-state index is 0.0555. The highest BCUT2D eigenvalue weighted by atomic mass is 16.5. The van der Waals surface area contributed by atoms with Crippen LogP contribution in [0.5, 0.6) is 0 Å². The number of carbonyl (C=O) groups is 1. The Morgan fingerprint density at radius 2 is 2.05 bits per heavy atom. The Balaban J connectivity index is 1.35. The van der Waals surface area contributed by atoms with E-state index in [1.807, 2.05) is 30.4 Å². The van der Waals surface area contributed by atoms with Crippen molar-refractivity contribution < 1.29 is 9.53 Å². The molecule has 1 aliphatic heterocycles. The lowest BCUT2D eigenvalue weighted by molar-refractivity contribution is -0.123. The molecule has 6 heteroatoms. The Labute approximate surface area is 224 Å². The molecule has 2 aliphatic rings. The van der Waals surface area contributed by atoms with Gasteiger partial charge in [-0.25, -0.2) is 0 Å².